The Labute approximate surface area is 467 Å². The molecule has 0 aliphatic carbocycles. The van der Waals surface area contributed by atoms with Gasteiger partial charge in [0.25, 0.3) is 5.91 Å². The molecule has 8 rings (SSSR count). The lowest BCUT2D eigenvalue weighted by molar-refractivity contribution is -0.136. The number of carbonyl (C=O) groups is 6. The fourth-order valence-electron chi connectivity index (χ4n) is 9.38. The number of anilines is 1. The number of piperidine rings is 1. The summed E-state index contributed by atoms with van der Waals surface area (Å²) >= 11 is 25.0. The van der Waals surface area contributed by atoms with Crippen LogP contribution in [0, 0.1) is 0 Å². The number of nitrogens with one attached hydrogen (secondary N) is 4. The van der Waals surface area contributed by atoms with Crippen LogP contribution in [0.1, 0.15) is 70.4 Å². The van der Waals surface area contributed by atoms with Gasteiger partial charge in [0.15, 0.2) is 5.78 Å². The Morgan fingerprint density at radius 1 is 0.701 bits per heavy atom. The maximum Gasteiger partial charge on any atom is 0.270 e. The molecule has 1 aromatic heterocycles. The largest absolute Gasteiger partial charge is 0.390 e. The second-order valence-electron chi connectivity index (χ2n) is 19.4. The Morgan fingerprint density at radius 3 is 2.03 bits per heavy atom. The molecule has 2 unspecified atom stereocenters. The van der Waals surface area contributed by atoms with Gasteiger partial charge in [0, 0.05) is 102 Å². The molecular formula is C57H59Cl4N9O7. The predicted octanol–water partition coefficient (Wildman–Crippen LogP) is 7.23. The van der Waals surface area contributed by atoms with Crippen molar-refractivity contribution < 1.29 is 33.9 Å². The van der Waals surface area contributed by atoms with Gasteiger partial charge in [-0.15, -0.1) is 0 Å². The molecule has 4 aromatic carbocycles. The van der Waals surface area contributed by atoms with Crippen LogP contribution in [0.4, 0.5) is 5.82 Å². The van der Waals surface area contributed by atoms with E-state index in [2.05, 4.69) is 48.3 Å². The molecule has 3 aliphatic rings. The van der Waals surface area contributed by atoms with Gasteiger partial charge in [-0.05, 0) is 83.5 Å². The molecule has 20 heteroatoms. The lowest BCUT2D eigenvalue weighted by atomic mass is 9.93. The van der Waals surface area contributed by atoms with Crippen LogP contribution in [0.15, 0.2) is 115 Å². The van der Waals surface area contributed by atoms with E-state index in [0.717, 1.165) is 25.1 Å². The number of rotatable bonds is 21. The number of carbonyl (C=O) groups excluding carboxylic acids is 6. The highest BCUT2D eigenvalue weighted by molar-refractivity contribution is 6.42. The number of hydrogen-bond acceptors (Lipinski definition) is 11. The van der Waals surface area contributed by atoms with E-state index >= 15 is 0 Å². The molecule has 5 N–H and O–H groups in total. The number of ketones is 1. The van der Waals surface area contributed by atoms with Gasteiger partial charge in [-0.25, -0.2) is 9.97 Å². The molecule has 4 heterocycles. The van der Waals surface area contributed by atoms with Crippen molar-refractivity contribution in [1.29, 1.82) is 0 Å². The van der Waals surface area contributed by atoms with Crippen LogP contribution < -0.4 is 21.3 Å². The standard InChI is InChI=1S/C57H59Cl4N9O7/c58-45-17-15-37(24-47(45)60)22-41-30-70(31-42(55(41)75)23-38-16-18-46(59)48(61)25-38)57(77)50(26-36-8-2-1-3-9-36)67-53(73)13-6-12-52(72)62-20-7-14-54(74)69-32-43(33-69)66-51-27-49(64-35-65-51)56(76)63-28-44(71)34-68-21-19-39-10-4-5-11-40(39)29-68/h1-5,8-11,15-18,22-25,27,35,43-44,50,71H,6-7,12-14,19-21,26,28-34H2,(H,62,72)(H,63,76)(H,67,73)(H,64,65,66). The van der Waals surface area contributed by atoms with Crippen molar-refractivity contribution in [2.24, 2.45) is 0 Å². The molecule has 0 bridgehead atoms. The van der Waals surface area contributed by atoms with Gasteiger partial charge in [-0.3, -0.25) is 33.7 Å². The minimum Gasteiger partial charge on any atom is -0.390 e. The van der Waals surface area contributed by atoms with Gasteiger partial charge in [-0.1, -0.05) is 113 Å². The first-order valence-corrected chi connectivity index (χ1v) is 27.0. The fourth-order valence-corrected chi connectivity index (χ4v) is 9.99. The summed E-state index contributed by atoms with van der Waals surface area (Å²) in [6.45, 7) is 3.18. The van der Waals surface area contributed by atoms with E-state index in [4.69, 9.17) is 46.4 Å². The Hall–Kier alpha value is -6.66. The van der Waals surface area contributed by atoms with Gasteiger partial charge in [0.2, 0.25) is 23.6 Å². The molecule has 3 aliphatic heterocycles. The summed E-state index contributed by atoms with van der Waals surface area (Å²) in [5.41, 5.74) is 5.40. The maximum atomic E-state index is 14.5. The molecular weight excluding hydrogens is 1060 g/mol. The summed E-state index contributed by atoms with van der Waals surface area (Å²) in [7, 11) is 0. The number of aliphatic hydroxyl groups is 1. The molecule has 0 saturated carbocycles. The Bertz CT molecular complexity index is 2970. The third kappa shape index (κ3) is 16.2. The van der Waals surface area contributed by atoms with E-state index in [1.165, 1.54) is 22.4 Å². The number of β-amino-alcohol motifs (C(OH)–C–C–N with tert-alkyl or cyclic N) is 1. The number of aliphatic hydroxyl groups excluding tert-OH is 1. The number of fused-ring (bicyclic) bond motifs is 1. The number of amides is 5. The Balaban J connectivity index is 0.757. The molecule has 5 amide bonds. The van der Waals surface area contributed by atoms with E-state index in [9.17, 15) is 33.9 Å². The second-order valence-corrected chi connectivity index (χ2v) is 21.0. The third-order valence-electron chi connectivity index (χ3n) is 13.5. The van der Waals surface area contributed by atoms with Crippen molar-refractivity contribution in [2.75, 3.05) is 57.7 Å². The highest BCUT2D eigenvalue weighted by Crippen LogP contribution is 2.29. The lowest BCUT2D eigenvalue weighted by Crippen LogP contribution is -2.57. The molecule has 0 spiro atoms. The highest BCUT2D eigenvalue weighted by atomic mass is 35.5. The zero-order valence-electron chi connectivity index (χ0n) is 42.2. The first kappa shape index (κ1) is 56.5. The van der Waals surface area contributed by atoms with E-state index in [-0.39, 0.29) is 87.6 Å². The van der Waals surface area contributed by atoms with Crippen molar-refractivity contribution in [1.82, 2.24) is 40.6 Å². The number of nitrogens with zero attached hydrogens (tertiary/aromatic N) is 5. The fraction of sp³-hybridized carbons (Fsp3) is 0.333. The van der Waals surface area contributed by atoms with Crippen molar-refractivity contribution >= 4 is 99.7 Å². The summed E-state index contributed by atoms with van der Waals surface area (Å²) in [6, 6.07) is 28.0. The average Bonchev–Trinajstić information content (AvgIpc) is 3.41. The number of likely N-dealkylation sites (tertiary alicyclic amines) is 2. The number of halogens is 4. The summed E-state index contributed by atoms with van der Waals surface area (Å²) in [5.74, 6) is -1.41. The molecule has 2 fully saturated rings. The maximum absolute atomic E-state index is 14.5. The topological polar surface area (TPSA) is 206 Å². The van der Waals surface area contributed by atoms with E-state index in [1.54, 1.807) is 59.5 Å². The molecule has 77 heavy (non-hydrogen) atoms. The zero-order valence-corrected chi connectivity index (χ0v) is 45.2. The van der Waals surface area contributed by atoms with E-state index < -0.39 is 29.9 Å². The smallest absolute Gasteiger partial charge is 0.270 e. The molecule has 0 radical (unpaired) electrons. The van der Waals surface area contributed by atoms with Gasteiger partial charge in [-0.2, -0.15) is 0 Å². The molecule has 402 valence electrons. The number of hydrogen-bond donors (Lipinski definition) is 5. The van der Waals surface area contributed by atoms with E-state index in [0.29, 0.717) is 74.2 Å². The first-order chi connectivity index (χ1) is 37.1. The molecule has 5 aromatic rings. The van der Waals surface area contributed by atoms with E-state index in [1.807, 2.05) is 42.5 Å². The van der Waals surface area contributed by atoms with Crippen molar-refractivity contribution in [3.05, 3.63) is 168 Å². The van der Waals surface area contributed by atoms with Crippen LogP contribution in [-0.2, 0) is 43.4 Å². The summed E-state index contributed by atoms with van der Waals surface area (Å²) in [4.78, 5) is 94.4. The van der Waals surface area contributed by atoms with Gasteiger partial charge < -0.3 is 36.2 Å². The van der Waals surface area contributed by atoms with Gasteiger partial charge in [0.05, 0.1) is 32.2 Å². The first-order valence-electron chi connectivity index (χ1n) is 25.5. The van der Waals surface area contributed by atoms with Crippen molar-refractivity contribution in [3.63, 3.8) is 0 Å². The zero-order chi connectivity index (χ0) is 54.4. The lowest BCUT2D eigenvalue weighted by Gasteiger charge is -2.40. The molecule has 16 nitrogen and oxygen atoms in total. The predicted molar refractivity (Wildman–Crippen MR) is 298 cm³/mol. The summed E-state index contributed by atoms with van der Waals surface area (Å²) in [5, 5.41) is 23.7. The van der Waals surface area contributed by atoms with Crippen molar-refractivity contribution in [3.8, 4) is 0 Å². The normalized spacial score (nSPS) is 16.6. The number of aromatic nitrogens is 2. The third-order valence-corrected chi connectivity index (χ3v) is 14.9. The molecule has 2 atom stereocenters. The van der Waals surface area contributed by atoms with Crippen LogP contribution >= 0.6 is 46.4 Å². The number of benzene rings is 4. The van der Waals surface area contributed by atoms with Crippen LogP contribution in [-0.4, -0.2) is 136 Å². The summed E-state index contributed by atoms with van der Waals surface area (Å²) < 4.78 is 0. The highest BCUT2D eigenvalue weighted by Gasteiger charge is 2.34. The second kappa shape index (κ2) is 27.1. The van der Waals surface area contributed by atoms with Crippen LogP contribution in [0.2, 0.25) is 20.1 Å². The quantitative estimate of drug-likeness (QED) is 0.0366. The summed E-state index contributed by atoms with van der Waals surface area (Å²) in [6.07, 6.45) is 5.86. The van der Waals surface area contributed by atoms with Crippen molar-refractivity contribution in [2.45, 2.75) is 69.7 Å². The Morgan fingerprint density at radius 2 is 1.35 bits per heavy atom. The monoisotopic (exact) mass is 1120 g/mol. The Kier molecular flexibility index (Phi) is 19.9. The average molecular weight is 1120 g/mol. The SMILES string of the molecule is O=C(CCCC(=O)NC(Cc1ccccc1)C(=O)N1CC(=Cc2ccc(Cl)c(Cl)c2)C(=O)C(=Cc2ccc(Cl)c(Cl)c2)C1)NCCCC(=O)N1CC(Nc2cc(C(=O)NCC(O)CN3CCc4ccccc4C3)ncn2)C1. The van der Waals surface area contributed by atoms with Gasteiger partial charge >= 0.3 is 0 Å². The van der Waals surface area contributed by atoms with Crippen LogP contribution in [0.25, 0.3) is 12.2 Å². The van der Waals surface area contributed by atoms with Crippen LogP contribution in [0.3, 0.4) is 0 Å². The van der Waals surface area contributed by atoms with Gasteiger partial charge in [0.1, 0.15) is 23.9 Å². The minimum absolute atomic E-state index is 0.0266. The number of Topliss-reactive ketones (excluding diaryl/α,β-unsaturated/α-hetero) is 1. The molecule has 2 saturated heterocycles. The van der Waals surface area contributed by atoms with Crippen LogP contribution in [0.5, 0.6) is 0 Å². The minimum atomic E-state index is -1.00.